The second-order valence-electron chi connectivity index (χ2n) is 6.52. The second kappa shape index (κ2) is 8.14. The summed E-state index contributed by atoms with van der Waals surface area (Å²) in [6, 6.07) is 9.05. The second-order valence-corrected chi connectivity index (χ2v) is 6.52. The zero-order valence-electron chi connectivity index (χ0n) is 14.8. The van der Waals surface area contributed by atoms with Gasteiger partial charge in [-0.3, -0.25) is 18.7 Å². The highest BCUT2D eigenvalue weighted by molar-refractivity contribution is 5.75. The summed E-state index contributed by atoms with van der Waals surface area (Å²) in [5, 5.41) is 2.73. The van der Waals surface area contributed by atoms with E-state index >= 15 is 0 Å². The van der Waals surface area contributed by atoms with Crippen LogP contribution in [0.2, 0.25) is 0 Å². The highest BCUT2D eigenvalue weighted by Crippen LogP contribution is 2.10. The maximum Gasteiger partial charge on any atom is 0.331 e. The highest BCUT2D eigenvalue weighted by Gasteiger charge is 2.17. The molecule has 1 amide bonds. The zero-order valence-corrected chi connectivity index (χ0v) is 14.8. The summed E-state index contributed by atoms with van der Waals surface area (Å²) < 4.78 is 7.85. The van der Waals surface area contributed by atoms with Crippen molar-refractivity contribution in [2.75, 3.05) is 13.2 Å². The van der Waals surface area contributed by atoms with Crippen molar-refractivity contribution in [1.82, 2.24) is 14.5 Å². The van der Waals surface area contributed by atoms with Crippen molar-refractivity contribution in [3.63, 3.8) is 0 Å². The highest BCUT2D eigenvalue weighted by atomic mass is 16.5. The molecule has 3 rings (SSSR count). The van der Waals surface area contributed by atoms with Crippen LogP contribution < -0.4 is 16.6 Å². The predicted molar refractivity (Wildman–Crippen MR) is 97.2 cm³/mol. The molecule has 1 fully saturated rings. The van der Waals surface area contributed by atoms with Crippen molar-refractivity contribution < 1.29 is 9.53 Å². The Hall–Kier alpha value is -2.67. The number of rotatable bonds is 6. The van der Waals surface area contributed by atoms with Gasteiger partial charge in [0.15, 0.2) is 0 Å². The molecule has 7 heteroatoms. The molecule has 0 radical (unpaired) electrons. The third-order valence-electron chi connectivity index (χ3n) is 4.59. The standard InChI is InChI=1S/C19H23N3O4/c1-14-5-2-3-6-15(14)12-21-9-8-18(24)22(19(21)25)13-17(23)20-11-16-7-4-10-26-16/h2-3,5-6,8-9,16H,4,7,10-13H2,1H3,(H,20,23)/t16-/m0/s1. The van der Waals surface area contributed by atoms with E-state index in [1.807, 2.05) is 31.2 Å². The fourth-order valence-corrected chi connectivity index (χ4v) is 3.03. The van der Waals surface area contributed by atoms with Gasteiger partial charge in [-0.1, -0.05) is 24.3 Å². The molecule has 1 saturated heterocycles. The number of hydrogen-bond acceptors (Lipinski definition) is 4. The number of ether oxygens (including phenoxy) is 1. The van der Waals surface area contributed by atoms with Gasteiger partial charge < -0.3 is 10.1 Å². The fraction of sp³-hybridized carbons (Fsp3) is 0.421. The van der Waals surface area contributed by atoms with Gasteiger partial charge in [0.25, 0.3) is 5.56 Å². The Morgan fingerprint density at radius 2 is 2.08 bits per heavy atom. The van der Waals surface area contributed by atoms with E-state index in [0.717, 1.165) is 28.5 Å². The Labute approximate surface area is 151 Å². The molecule has 1 aromatic carbocycles. The summed E-state index contributed by atoms with van der Waals surface area (Å²) in [5.74, 6) is -0.367. The monoisotopic (exact) mass is 357 g/mol. The number of benzene rings is 1. The van der Waals surface area contributed by atoms with Crippen molar-refractivity contribution >= 4 is 5.91 Å². The molecule has 0 aliphatic carbocycles. The van der Waals surface area contributed by atoms with E-state index in [1.165, 1.54) is 16.8 Å². The van der Waals surface area contributed by atoms with Gasteiger partial charge in [-0.2, -0.15) is 0 Å². The summed E-state index contributed by atoms with van der Waals surface area (Å²) in [5.41, 5.74) is 1.07. The molecule has 2 aromatic rings. The third-order valence-corrected chi connectivity index (χ3v) is 4.59. The van der Waals surface area contributed by atoms with Crippen LogP contribution in [0.5, 0.6) is 0 Å². The number of carbonyl (C=O) groups is 1. The van der Waals surface area contributed by atoms with Crippen molar-refractivity contribution in [2.24, 2.45) is 0 Å². The van der Waals surface area contributed by atoms with Gasteiger partial charge in [0.1, 0.15) is 6.54 Å². The first-order chi connectivity index (χ1) is 12.5. The maximum absolute atomic E-state index is 12.6. The molecule has 2 heterocycles. The van der Waals surface area contributed by atoms with E-state index < -0.39 is 11.2 Å². The van der Waals surface area contributed by atoms with Crippen LogP contribution in [0.25, 0.3) is 0 Å². The van der Waals surface area contributed by atoms with Crippen LogP contribution >= 0.6 is 0 Å². The fourth-order valence-electron chi connectivity index (χ4n) is 3.03. The van der Waals surface area contributed by atoms with Crippen LogP contribution in [-0.4, -0.2) is 34.3 Å². The molecule has 1 atom stereocenters. The summed E-state index contributed by atoms with van der Waals surface area (Å²) >= 11 is 0. The van der Waals surface area contributed by atoms with E-state index in [0.29, 0.717) is 19.7 Å². The minimum atomic E-state index is -0.493. The lowest BCUT2D eigenvalue weighted by Gasteiger charge is -2.13. The van der Waals surface area contributed by atoms with Crippen LogP contribution in [-0.2, 0) is 22.6 Å². The Balaban J connectivity index is 1.72. The van der Waals surface area contributed by atoms with Crippen molar-refractivity contribution in [1.29, 1.82) is 0 Å². The first kappa shape index (κ1) is 18.1. The number of hydrogen-bond donors (Lipinski definition) is 1. The van der Waals surface area contributed by atoms with E-state index in [-0.39, 0.29) is 18.6 Å². The number of carbonyl (C=O) groups excluding carboxylic acids is 1. The van der Waals surface area contributed by atoms with Crippen molar-refractivity contribution in [3.8, 4) is 0 Å². The molecule has 1 N–H and O–H groups in total. The number of nitrogens with one attached hydrogen (secondary N) is 1. The minimum Gasteiger partial charge on any atom is -0.376 e. The van der Waals surface area contributed by atoms with Gasteiger partial charge in [0.2, 0.25) is 5.91 Å². The topological polar surface area (TPSA) is 82.3 Å². The molecule has 0 unspecified atom stereocenters. The van der Waals surface area contributed by atoms with E-state index in [1.54, 1.807) is 0 Å². The summed E-state index contributed by atoms with van der Waals surface area (Å²) in [7, 11) is 0. The van der Waals surface area contributed by atoms with E-state index in [9.17, 15) is 14.4 Å². The molecule has 0 saturated carbocycles. The Morgan fingerprint density at radius 3 is 2.81 bits per heavy atom. The average molecular weight is 357 g/mol. The summed E-state index contributed by atoms with van der Waals surface area (Å²) in [6.07, 6.45) is 3.39. The summed E-state index contributed by atoms with van der Waals surface area (Å²) in [6.45, 7) is 3.14. The molecular formula is C19H23N3O4. The number of aryl methyl sites for hydroxylation is 1. The van der Waals surface area contributed by atoms with E-state index in [4.69, 9.17) is 4.74 Å². The van der Waals surface area contributed by atoms with Crippen LogP contribution in [0, 0.1) is 6.92 Å². The largest absolute Gasteiger partial charge is 0.376 e. The molecule has 138 valence electrons. The predicted octanol–water partition coefficient (Wildman–Crippen LogP) is 0.662. The molecule has 1 aromatic heterocycles. The molecule has 26 heavy (non-hydrogen) atoms. The van der Waals surface area contributed by atoms with Gasteiger partial charge in [-0.25, -0.2) is 4.79 Å². The molecule has 0 spiro atoms. The number of aromatic nitrogens is 2. The van der Waals surface area contributed by atoms with Crippen LogP contribution in [0.1, 0.15) is 24.0 Å². The Bertz CT molecular complexity index is 894. The smallest absolute Gasteiger partial charge is 0.331 e. The molecule has 7 nitrogen and oxygen atoms in total. The SMILES string of the molecule is Cc1ccccc1Cn1ccc(=O)n(CC(=O)NC[C@@H]2CCCO2)c1=O. The molecule has 1 aliphatic rings. The van der Waals surface area contributed by atoms with Crippen molar-refractivity contribution in [2.45, 2.75) is 39.0 Å². The quantitative estimate of drug-likeness (QED) is 0.823. The first-order valence-corrected chi connectivity index (χ1v) is 8.77. The van der Waals surface area contributed by atoms with Crippen LogP contribution in [0.15, 0.2) is 46.1 Å². The average Bonchev–Trinajstić information content (AvgIpc) is 3.14. The number of nitrogens with zero attached hydrogens (tertiary/aromatic N) is 2. The van der Waals surface area contributed by atoms with Crippen LogP contribution in [0.4, 0.5) is 0 Å². The summed E-state index contributed by atoms with van der Waals surface area (Å²) in [4.78, 5) is 36.8. The first-order valence-electron chi connectivity index (χ1n) is 8.77. The third kappa shape index (κ3) is 4.29. The Morgan fingerprint density at radius 1 is 1.27 bits per heavy atom. The zero-order chi connectivity index (χ0) is 18.5. The number of amides is 1. The minimum absolute atomic E-state index is 0.0177. The van der Waals surface area contributed by atoms with Crippen LogP contribution in [0.3, 0.4) is 0 Å². The van der Waals surface area contributed by atoms with Gasteiger partial charge in [0.05, 0.1) is 12.6 Å². The Kier molecular flexibility index (Phi) is 5.68. The lowest BCUT2D eigenvalue weighted by Crippen LogP contribution is -2.44. The molecule has 0 bridgehead atoms. The van der Waals surface area contributed by atoms with Gasteiger partial charge in [-0.05, 0) is 30.9 Å². The van der Waals surface area contributed by atoms with Gasteiger partial charge in [0, 0.05) is 25.4 Å². The normalized spacial score (nSPS) is 16.6. The van der Waals surface area contributed by atoms with Gasteiger partial charge >= 0.3 is 5.69 Å². The van der Waals surface area contributed by atoms with Crippen molar-refractivity contribution in [3.05, 3.63) is 68.5 Å². The lowest BCUT2D eigenvalue weighted by atomic mass is 10.1. The van der Waals surface area contributed by atoms with E-state index in [2.05, 4.69) is 5.32 Å². The maximum atomic E-state index is 12.6. The molecular weight excluding hydrogens is 334 g/mol. The molecule has 1 aliphatic heterocycles. The van der Waals surface area contributed by atoms with Gasteiger partial charge in [-0.15, -0.1) is 0 Å². The lowest BCUT2D eigenvalue weighted by molar-refractivity contribution is -0.122.